The molecule has 4 rings (SSSR count). The van der Waals surface area contributed by atoms with Crippen molar-refractivity contribution in [3.8, 4) is 11.6 Å². The van der Waals surface area contributed by atoms with Gasteiger partial charge in [-0.05, 0) is 63.9 Å². The minimum absolute atomic E-state index is 0.0344. The largest absolute Gasteiger partial charge is 0.492 e. The number of benzene rings is 1. The topological polar surface area (TPSA) is 85.2 Å². The number of para-hydroxylation sites is 2. The molecule has 162 valence electrons. The van der Waals surface area contributed by atoms with Gasteiger partial charge in [0.25, 0.3) is 0 Å². The van der Waals surface area contributed by atoms with Gasteiger partial charge >= 0.3 is 0 Å². The van der Waals surface area contributed by atoms with Crippen molar-refractivity contribution in [2.75, 3.05) is 29.9 Å². The molecule has 8 heteroatoms. The fraction of sp³-hybridized carbons (Fsp3) is 0.391. The van der Waals surface area contributed by atoms with E-state index in [0.29, 0.717) is 18.2 Å². The van der Waals surface area contributed by atoms with Crippen molar-refractivity contribution >= 4 is 17.4 Å². The number of hydrogen-bond acceptors (Lipinski definition) is 6. The van der Waals surface area contributed by atoms with Gasteiger partial charge in [0.15, 0.2) is 11.6 Å². The smallest absolute Gasteiger partial charge is 0.227 e. The maximum absolute atomic E-state index is 12.8. The molecule has 3 heterocycles. The lowest BCUT2D eigenvalue weighted by atomic mass is 9.95. The molecule has 0 radical (unpaired) electrons. The molecular formula is C23H28N6O2. The fourth-order valence-corrected chi connectivity index (χ4v) is 3.92. The fourth-order valence-electron chi connectivity index (χ4n) is 3.92. The normalized spacial score (nSPS) is 14.5. The number of carbonyl (C=O) groups excluding carboxylic acids is 1. The zero-order valence-corrected chi connectivity index (χ0v) is 18.2. The van der Waals surface area contributed by atoms with Gasteiger partial charge in [-0.2, -0.15) is 5.10 Å². The molecule has 1 N–H and O–H groups in total. The number of aryl methyl sites for hydroxylation is 2. The van der Waals surface area contributed by atoms with E-state index in [1.165, 1.54) is 0 Å². The van der Waals surface area contributed by atoms with Crippen molar-refractivity contribution in [3.05, 3.63) is 53.9 Å². The van der Waals surface area contributed by atoms with Gasteiger partial charge in [0, 0.05) is 24.7 Å². The Morgan fingerprint density at radius 1 is 1.10 bits per heavy atom. The number of rotatable bonds is 6. The van der Waals surface area contributed by atoms with Gasteiger partial charge < -0.3 is 15.0 Å². The van der Waals surface area contributed by atoms with Crippen LogP contribution in [0.3, 0.4) is 0 Å². The van der Waals surface area contributed by atoms with E-state index >= 15 is 0 Å². The lowest BCUT2D eigenvalue weighted by molar-refractivity contribution is -0.120. The number of ether oxygens (including phenoxy) is 1. The average Bonchev–Trinajstić information content (AvgIpc) is 3.13. The van der Waals surface area contributed by atoms with E-state index in [1.54, 1.807) is 4.68 Å². The molecule has 1 aliphatic heterocycles. The summed E-state index contributed by atoms with van der Waals surface area (Å²) in [5, 5.41) is 16.2. The Balaban J connectivity index is 1.35. The lowest BCUT2D eigenvalue weighted by Crippen LogP contribution is -2.38. The Kier molecular flexibility index (Phi) is 6.16. The van der Waals surface area contributed by atoms with E-state index in [2.05, 4.69) is 25.5 Å². The van der Waals surface area contributed by atoms with E-state index in [-0.39, 0.29) is 11.8 Å². The van der Waals surface area contributed by atoms with Crippen LogP contribution in [-0.4, -0.2) is 45.6 Å². The molecule has 1 fully saturated rings. The summed E-state index contributed by atoms with van der Waals surface area (Å²) in [5.74, 6) is 2.24. The summed E-state index contributed by atoms with van der Waals surface area (Å²) in [5.41, 5.74) is 2.70. The van der Waals surface area contributed by atoms with Gasteiger partial charge in [-0.25, -0.2) is 4.68 Å². The predicted octanol–water partition coefficient (Wildman–Crippen LogP) is 3.53. The second-order valence-electron chi connectivity index (χ2n) is 7.77. The van der Waals surface area contributed by atoms with E-state index in [9.17, 15) is 4.79 Å². The van der Waals surface area contributed by atoms with Crippen LogP contribution in [0.25, 0.3) is 5.82 Å². The number of amides is 1. The number of hydrogen-bond donors (Lipinski definition) is 1. The molecular weight excluding hydrogens is 392 g/mol. The molecule has 31 heavy (non-hydrogen) atoms. The van der Waals surface area contributed by atoms with Crippen LogP contribution in [0.4, 0.5) is 11.5 Å². The van der Waals surface area contributed by atoms with Gasteiger partial charge in [-0.15, -0.1) is 10.2 Å². The van der Waals surface area contributed by atoms with Crippen LogP contribution in [0.5, 0.6) is 5.75 Å². The first kappa shape index (κ1) is 20.8. The van der Waals surface area contributed by atoms with E-state index in [0.717, 1.165) is 48.8 Å². The average molecular weight is 421 g/mol. The number of aromatic nitrogens is 4. The van der Waals surface area contributed by atoms with Gasteiger partial charge in [-0.3, -0.25) is 4.79 Å². The second kappa shape index (κ2) is 9.16. The van der Waals surface area contributed by atoms with Crippen LogP contribution < -0.4 is 15.0 Å². The minimum atomic E-state index is -0.0344. The third kappa shape index (κ3) is 4.68. The highest BCUT2D eigenvalue weighted by Gasteiger charge is 2.26. The van der Waals surface area contributed by atoms with Crippen LogP contribution in [0.1, 0.15) is 31.2 Å². The first-order valence-electron chi connectivity index (χ1n) is 10.7. The molecule has 0 bridgehead atoms. The first-order chi connectivity index (χ1) is 15.0. The van der Waals surface area contributed by atoms with Crippen molar-refractivity contribution in [2.45, 2.75) is 33.6 Å². The maximum atomic E-state index is 12.8. The molecule has 0 atom stereocenters. The Hall–Kier alpha value is -3.42. The van der Waals surface area contributed by atoms with Crippen molar-refractivity contribution < 1.29 is 9.53 Å². The van der Waals surface area contributed by atoms with E-state index in [4.69, 9.17) is 4.74 Å². The molecule has 0 aliphatic carbocycles. The lowest BCUT2D eigenvalue weighted by Gasteiger charge is -2.32. The number of piperidine rings is 1. The number of nitrogens with one attached hydrogen (secondary N) is 1. The summed E-state index contributed by atoms with van der Waals surface area (Å²) < 4.78 is 7.40. The van der Waals surface area contributed by atoms with E-state index < -0.39 is 0 Å². The summed E-state index contributed by atoms with van der Waals surface area (Å²) in [7, 11) is 0. The van der Waals surface area contributed by atoms with Gasteiger partial charge in [-0.1, -0.05) is 12.1 Å². The quantitative estimate of drug-likeness (QED) is 0.657. The summed E-state index contributed by atoms with van der Waals surface area (Å²) in [6.07, 6.45) is 1.53. The molecule has 1 aliphatic rings. The zero-order valence-electron chi connectivity index (χ0n) is 18.2. The molecule has 1 saturated heterocycles. The zero-order chi connectivity index (χ0) is 21.8. The SMILES string of the molecule is CCOc1ccccc1NC(=O)C1CCN(c2ccc(-n3nc(C)cc3C)nn2)CC1. The Bertz CT molecular complexity index is 1040. The molecule has 8 nitrogen and oxygen atoms in total. The van der Waals surface area contributed by atoms with Crippen LogP contribution in [0.15, 0.2) is 42.5 Å². The van der Waals surface area contributed by atoms with Gasteiger partial charge in [0.05, 0.1) is 18.0 Å². The monoisotopic (exact) mass is 420 g/mol. The molecule has 2 aromatic heterocycles. The summed E-state index contributed by atoms with van der Waals surface area (Å²) in [6.45, 7) is 7.98. The summed E-state index contributed by atoms with van der Waals surface area (Å²) in [6, 6.07) is 13.5. The highest BCUT2D eigenvalue weighted by molar-refractivity contribution is 5.94. The molecule has 3 aromatic rings. The van der Waals surface area contributed by atoms with Gasteiger partial charge in [0.1, 0.15) is 5.75 Å². The van der Waals surface area contributed by atoms with Crippen molar-refractivity contribution in [1.29, 1.82) is 0 Å². The highest BCUT2D eigenvalue weighted by Crippen LogP contribution is 2.27. The van der Waals surface area contributed by atoms with Crippen LogP contribution >= 0.6 is 0 Å². The minimum Gasteiger partial charge on any atom is -0.492 e. The third-order valence-corrected chi connectivity index (χ3v) is 5.50. The number of anilines is 2. The summed E-state index contributed by atoms with van der Waals surface area (Å²) in [4.78, 5) is 15.0. The number of nitrogens with zero attached hydrogens (tertiary/aromatic N) is 5. The van der Waals surface area contributed by atoms with Crippen LogP contribution in [0, 0.1) is 19.8 Å². The Morgan fingerprint density at radius 3 is 2.45 bits per heavy atom. The van der Waals surface area contributed by atoms with Crippen molar-refractivity contribution in [2.24, 2.45) is 5.92 Å². The first-order valence-corrected chi connectivity index (χ1v) is 10.7. The molecule has 0 unspecified atom stereocenters. The molecule has 0 saturated carbocycles. The standard InChI is InChI=1S/C23H28N6O2/c1-4-31-20-8-6-5-7-19(20)24-23(30)18-11-13-28(14-12-18)21-9-10-22(26-25-21)29-17(3)15-16(2)27-29/h5-10,15,18H,4,11-14H2,1-3H3,(H,24,30). The maximum Gasteiger partial charge on any atom is 0.227 e. The number of carbonyl (C=O) groups is 1. The van der Waals surface area contributed by atoms with E-state index in [1.807, 2.05) is 63.2 Å². The molecule has 1 aromatic carbocycles. The van der Waals surface area contributed by atoms with Gasteiger partial charge in [0.2, 0.25) is 5.91 Å². The van der Waals surface area contributed by atoms with Crippen LogP contribution in [-0.2, 0) is 4.79 Å². The second-order valence-corrected chi connectivity index (χ2v) is 7.77. The molecule has 1 amide bonds. The van der Waals surface area contributed by atoms with Crippen molar-refractivity contribution in [3.63, 3.8) is 0 Å². The predicted molar refractivity (Wildman–Crippen MR) is 120 cm³/mol. The molecule has 0 spiro atoms. The highest BCUT2D eigenvalue weighted by atomic mass is 16.5. The Labute approximate surface area is 182 Å². The van der Waals surface area contributed by atoms with Crippen LogP contribution in [0.2, 0.25) is 0 Å². The third-order valence-electron chi connectivity index (χ3n) is 5.50. The summed E-state index contributed by atoms with van der Waals surface area (Å²) >= 11 is 0. The Morgan fingerprint density at radius 2 is 1.81 bits per heavy atom. The van der Waals surface area contributed by atoms with Crippen molar-refractivity contribution in [1.82, 2.24) is 20.0 Å².